The zero-order valence-electron chi connectivity index (χ0n) is 16.6. The molecule has 2 heterocycles. The van der Waals surface area contributed by atoms with Gasteiger partial charge in [0.05, 0.1) is 10.9 Å². The molecule has 1 saturated carbocycles. The summed E-state index contributed by atoms with van der Waals surface area (Å²) in [7, 11) is 0. The third-order valence-electron chi connectivity index (χ3n) is 5.27. The number of nitrogens with two attached hydrogens (primary N) is 1. The standard InChI is InChI=1S/C21H21N5O4/c1-3-26-18-16(20(29)25-21(26)30)14(9-15(24-18)11-4-5-11)19(28)23-12-6-7-13(17(22)27)10(2)8-12/h6-9,11H,3-5H2,1-2H3,(H2,22,27)(H,23,28)(H,25,29,30). The van der Waals surface area contributed by atoms with Gasteiger partial charge in [0.2, 0.25) is 5.91 Å². The van der Waals surface area contributed by atoms with E-state index in [0.29, 0.717) is 29.1 Å². The molecule has 2 aromatic heterocycles. The Hall–Kier alpha value is -3.75. The number of fused-ring (bicyclic) bond motifs is 1. The number of carbonyl (C=O) groups excluding carboxylic acids is 2. The minimum atomic E-state index is -0.653. The van der Waals surface area contributed by atoms with Crippen LogP contribution in [0.5, 0.6) is 0 Å². The second kappa shape index (κ2) is 7.25. The van der Waals surface area contributed by atoms with Crippen LogP contribution in [0.3, 0.4) is 0 Å². The molecule has 0 atom stereocenters. The fraction of sp³-hybridized carbons (Fsp3) is 0.286. The molecule has 0 spiro atoms. The maximum atomic E-state index is 13.1. The van der Waals surface area contributed by atoms with Gasteiger partial charge in [0.25, 0.3) is 11.5 Å². The first-order valence-electron chi connectivity index (χ1n) is 9.69. The van der Waals surface area contributed by atoms with Gasteiger partial charge in [-0.15, -0.1) is 0 Å². The summed E-state index contributed by atoms with van der Waals surface area (Å²) >= 11 is 0. The number of aromatic amines is 1. The van der Waals surface area contributed by atoms with Crippen molar-refractivity contribution in [3.05, 3.63) is 67.5 Å². The topological polar surface area (TPSA) is 140 Å². The molecule has 4 N–H and O–H groups in total. The molecular weight excluding hydrogens is 386 g/mol. The molecule has 1 fully saturated rings. The van der Waals surface area contributed by atoms with Crippen LogP contribution in [0.2, 0.25) is 0 Å². The van der Waals surface area contributed by atoms with Crippen molar-refractivity contribution >= 4 is 28.5 Å². The number of aromatic nitrogens is 3. The molecule has 30 heavy (non-hydrogen) atoms. The minimum absolute atomic E-state index is 0.0730. The molecule has 1 aromatic carbocycles. The number of H-pyrrole nitrogens is 1. The Kier molecular flexibility index (Phi) is 4.73. The quantitative estimate of drug-likeness (QED) is 0.590. The van der Waals surface area contributed by atoms with Gasteiger partial charge < -0.3 is 11.1 Å². The molecule has 0 radical (unpaired) electrons. The predicted octanol–water partition coefficient (Wildman–Crippen LogP) is 1.64. The molecule has 3 aromatic rings. The summed E-state index contributed by atoms with van der Waals surface area (Å²) in [5.74, 6) is -0.830. The highest BCUT2D eigenvalue weighted by molar-refractivity contribution is 6.12. The molecule has 1 aliphatic rings. The first-order chi connectivity index (χ1) is 14.3. The van der Waals surface area contributed by atoms with Crippen LogP contribution in [-0.4, -0.2) is 26.3 Å². The first-order valence-corrected chi connectivity index (χ1v) is 9.69. The monoisotopic (exact) mass is 407 g/mol. The van der Waals surface area contributed by atoms with Crippen molar-refractivity contribution in [1.29, 1.82) is 0 Å². The van der Waals surface area contributed by atoms with E-state index in [1.807, 2.05) is 0 Å². The van der Waals surface area contributed by atoms with Gasteiger partial charge in [-0.3, -0.25) is 23.9 Å². The normalized spacial score (nSPS) is 13.4. The average Bonchev–Trinajstić information content (AvgIpc) is 3.52. The van der Waals surface area contributed by atoms with E-state index in [0.717, 1.165) is 12.8 Å². The lowest BCUT2D eigenvalue weighted by Crippen LogP contribution is -2.32. The molecule has 9 nitrogen and oxygen atoms in total. The molecule has 9 heteroatoms. The van der Waals surface area contributed by atoms with Crippen molar-refractivity contribution in [3.8, 4) is 0 Å². The maximum absolute atomic E-state index is 13.1. The number of nitrogens with one attached hydrogen (secondary N) is 2. The van der Waals surface area contributed by atoms with E-state index in [4.69, 9.17) is 5.73 Å². The predicted molar refractivity (Wildman–Crippen MR) is 112 cm³/mol. The number of nitrogens with zero attached hydrogens (tertiary/aromatic N) is 2. The molecule has 0 aliphatic heterocycles. The number of aryl methyl sites for hydroxylation is 2. The van der Waals surface area contributed by atoms with E-state index in [2.05, 4.69) is 15.3 Å². The van der Waals surface area contributed by atoms with Gasteiger partial charge in [-0.05, 0) is 56.5 Å². The number of hydrogen-bond donors (Lipinski definition) is 3. The van der Waals surface area contributed by atoms with E-state index in [1.54, 1.807) is 32.0 Å². The van der Waals surface area contributed by atoms with Crippen LogP contribution in [0.25, 0.3) is 11.0 Å². The van der Waals surface area contributed by atoms with Gasteiger partial charge in [0, 0.05) is 29.4 Å². The number of amides is 2. The van der Waals surface area contributed by atoms with Crippen molar-refractivity contribution in [1.82, 2.24) is 14.5 Å². The lowest BCUT2D eigenvalue weighted by Gasteiger charge is -2.13. The van der Waals surface area contributed by atoms with E-state index in [-0.39, 0.29) is 22.5 Å². The van der Waals surface area contributed by atoms with E-state index in [9.17, 15) is 19.2 Å². The molecule has 2 amide bonds. The Balaban J connectivity index is 1.84. The van der Waals surface area contributed by atoms with Crippen molar-refractivity contribution in [3.63, 3.8) is 0 Å². The van der Waals surface area contributed by atoms with Crippen molar-refractivity contribution in [2.24, 2.45) is 5.73 Å². The van der Waals surface area contributed by atoms with E-state index in [1.165, 1.54) is 10.6 Å². The fourth-order valence-corrected chi connectivity index (χ4v) is 3.57. The summed E-state index contributed by atoms with van der Waals surface area (Å²) in [6.07, 6.45) is 1.90. The van der Waals surface area contributed by atoms with Gasteiger partial charge in [-0.1, -0.05) is 0 Å². The number of anilines is 1. The summed E-state index contributed by atoms with van der Waals surface area (Å²) in [6.45, 7) is 3.79. The third kappa shape index (κ3) is 3.38. The van der Waals surface area contributed by atoms with Gasteiger partial charge in [-0.2, -0.15) is 0 Å². The highest BCUT2D eigenvalue weighted by Crippen LogP contribution is 2.40. The van der Waals surface area contributed by atoms with Gasteiger partial charge >= 0.3 is 5.69 Å². The summed E-state index contributed by atoms with van der Waals surface area (Å²) in [5, 5.41) is 2.84. The van der Waals surface area contributed by atoms with Crippen LogP contribution >= 0.6 is 0 Å². The van der Waals surface area contributed by atoms with Crippen LogP contribution in [0.1, 0.15) is 57.7 Å². The zero-order chi connectivity index (χ0) is 21.6. The molecule has 0 saturated heterocycles. The van der Waals surface area contributed by atoms with E-state index >= 15 is 0 Å². The first kappa shape index (κ1) is 19.6. The van der Waals surface area contributed by atoms with Gasteiger partial charge in [0.15, 0.2) is 5.65 Å². The molecule has 4 rings (SSSR count). The molecule has 154 valence electrons. The highest BCUT2D eigenvalue weighted by Gasteiger charge is 2.28. The van der Waals surface area contributed by atoms with Crippen molar-refractivity contribution in [2.45, 2.75) is 39.2 Å². The van der Waals surface area contributed by atoms with Crippen LogP contribution in [0.15, 0.2) is 33.9 Å². The Labute approximate surface area is 170 Å². The third-order valence-corrected chi connectivity index (χ3v) is 5.27. The zero-order valence-corrected chi connectivity index (χ0v) is 16.6. The van der Waals surface area contributed by atoms with Crippen LogP contribution in [0.4, 0.5) is 5.69 Å². The van der Waals surface area contributed by atoms with Crippen molar-refractivity contribution < 1.29 is 9.59 Å². The lowest BCUT2D eigenvalue weighted by atomic mass is 10.1. The van der Waals surface area contributed by atoms with Crippen LogP contribution < -0.4 is 22.3 Å². The molecular formula is C21H21N5O4. The Bertz CT molecular complexity index is 1320. The molecule has 1 aliphatic carbocycles. The fourth-order valence-electron chi connectivity index (χ4n) is 3.57. The second-order valence-electron chi connectivity index (χ2n) is 7.42. The number of primary amides is 1. The highest BCUT2D eigenvalue weighted by atomic mass is 16.2. The number of rotatable bonds is 5. The van der Waals surface area contributed by atoms with Crippen LogP contribution in [-0.2, 0) is 6.54 Å². The maximum Gasteiger partial charge on any atom is 0.329 e. The molecule has 0 bridgehead atoms. The SMILES string of the molecule is CCn1c(=O)[nH]c(=O)c2c(C(=O)Nc3ccc(C(N)=O)c(C)c3)cc(C3CC3)nc21. The van der Waals surface area contributed by atoms with Crippen LogP contribution in [0, 0.1) is 6.92 Å². The number of hydrogen-bond acceptors (Lipinski definition) is 5. The van der Waals surface area contributed by atoms with Gasteiger partial charge in [-0.25, -0.2) is 9.78 Å². The molecule has 0 unspecified atom stereocenters. The summed E-state index contributed by atoms with van der Waals surface area (Å²) in [6, 6.07) is 6.37. The van der Waals surface area contributed by atoms with E-state index < -0.39 is 23.1 Å². The second-order valence-corrected chi connectivity index (χ2v) is 7.42. The Morgan fingerprint density at radius 3 is 2.57 bits per heavy atom. The summed E-state index contributed by atoms with van der Waals surface area (Å²) in [4.78, 5) is 56.1. The minimum Gasteiger partial charge on any atom is -0.366 e. The van der Waals surface area contributed by atoms with Crippen molar-refractivity contribution in [2.75, 3.05) is 5.32 Å². The number of pyridine rings is 1. The van der Waals surface area contributed by atoms with Gasteiger partial charge in [0.1, 0.15) is 0 Å². The average molecular weight is 407 g/mol. The lowest BCUT2D eigenvalue weighted by molar-refractivity contribution is 0.0998. The summed E-state index contributed by atoms with van der Waals surface area (Å²) < 4.78 is 1.35. The number of carbonyl (C=O) groups is 2. The largest absolute Gasteiger partial charge is 0.366 e. The number of benzene rings is 1. The Morgan fingerprint density at radius 2 is 1.97 bits per heavy atom. The summed E-state index contributed by atoms with van der Waals surface area (Å²) in [5.41, 5.74) is 6.62. The Morgan fingerprint density at radius 1 is 1.23 bits per heavy atom. The smallest absolute Gasteiger partial charge is 0.329 e.